The molecule has 96 valence electrons. The Bertz CT molecular complexity index is 496. The molecule has 1 N–H and O–H groups in total. The number of ether oxygens (including phenoxy) is 2. The van der Waals surface area contributed by atoms with Gasteiger partial charge in [-0.05, 0) is 42.4 Å². The first kappa shape index (κ1) is 11.3. The zero-order valence-electron chi connectivity index (χ0n) is 9.69. The Morgan fingerprint density at radius 1 is 1.44 bits per heavy atom. The fraction of sp³-hybridized carbons (Fsp3) is 0.462. The lowest BCUT2D eigenvalue weighted by molar-refractivity contribution is -0.137. The Kier molecular flexibility index (Phi) is 2.61. The van der Waals surface area contributed by atoms with E-state index in [0.29, 0.717) is 17.2 Å². The summed E-state index contributed by atoms with van der Waals surface area (Å²) in [6.45, 7) is 0.0166. The molecule has 3 rings (SSSR count). The van der Waals surface area contributed by atoms with Crippen LogP contribution in [0, 0.1) is 11.7 Å². The number of carbonyl (C=O) groups is 1. The lowest BCUT2D eigenvalue weighted by atomic mass is 9.90. The topological polar surface area (TPSA) is 55.8 Å². The molecule has 1 fully saturated rings. The van der Waals surface area contributed by atoms with Gasteiger partial charge in [0.2, 0.25) is 12.5 Å². The monoisotopic (exact) mass is 252 g/mol. The first-order chi connectivity index (χ1) is 8.65. The second-order valence-corrected chi connectivity index (χ2v) is 4.78. The average molecular weight is 252 g/mol. The summed E-state index contributed by atoms with van der Waals surface area (Å²) in [5.41, 5.74) is 0.696. The van der Waals surface area contributed by atoms with Crippen LogP contribution in [0.4, 0.5) is 4.39 Å². The number of benzene rings is 1. The van der Waals surface area contributed by atoms with Gasteiger partial charge in [-0.1, -0.05) is 0 Å². The molecule has 1 atom stereocenters. The molecule has 1 unspecified atom stereocenters. The molecule has 5 heteroatoms. The standard InChI is InChI=1S/C13H13FO4/c14-10-3-8(4-11-13(10)18-6-17-11)9(5-12(15)16)7-1-2-7/h3-4,7,9H,1-2,5-6H2,(H,15,16). The van der Waals surface area contributed by atoms with E-state index in [1.165, 1.54) is 6.07 Å². The Morgan fingerprint density at radius 3 is 2.89 bits per heavy atom. The molecule has 0 saturated heterocycles. The molecule has 0 radical (unpaired) electrons. The van der Waals surface area contributed by atoms with Crippen molar-refractivity contribution in [1.29, 1.82) is 0 Å². The van der Waals surface area contributed by atoms with Gasteiger partial charge >= 0.3 is 5.97 Å². The number of carboxylic acids is 1. The zero-order valence-corrected chi connectivity index (χ0v) is 9.69. The van der Waals surface area contributed by atoms with Crippen LogP contribution in [0.2, 0.25) is 0 Å². The Balaban J connectivity index is 1.94. The summed E-state index contributed by atoms with van der Waals surface area (Å²) in [5.74, 6) is -0.613. The van der Waals surface area contributed by atoms with Gasteiger partial charge in [-0.3, -0.25) is 4.79 Å². The van der Waals surface area contributed by atoms with Crippen molar-refractivity contribution in [2.24, 2.45) is 5.92 Å². The van der Waals surface area contributed by atoms with Crippen molar-refractivity contribution in [2.75, 3.05) is 6.79 Å². The summed E-state index contributed by atoms with van der Waals surface area (Å²) in [6, 6.07) is 3.08. The normalized spacial score (nSPS) is 18.7. The van der Waals surface area contributed by atoms with Gasteiger partial charge in [-0.25, -0.2) is 4.39 Å². The van der Waals surface area contributed by atoms with Crippen LogP contribution in [0.15, 0.2) is 12.1 Å². The van der Waals surface area contributed by atoms with Crippen molar-refractivity contribution < 1.29 is 23.8 Å². The van der Waals surface area contributed by atoms with Crippen LogP contribution < -0.4 is 9.47 Å². The van der Waals surface area contributed by atoms with E-state index in [0.717, 1.165) is 12.8 Å². The first-order valence-electron chi connectivity index (χ1n) is 5.96. The molecule has 0 spiro atoms. The molecular formula is C13H13FO4. The van der Waals surface area contributed by atoms with E-state index in [-0.39, 0.29) is 24.9 Å². The third-order valence-corrected chi connectivity index (χ3v) is 3.46. The minimum Gasteiger partial charge on any atom is -0.481 e. The van der Waals surface area contributed by atoms with Gasteiger partial charge in [-0.2, -0.15) is 0 Å². The van der Waals surface area contributed by atoms with Crippen LogP contribution >= 0.6 is 0 Å². The van der Waals surface area contributed by atoms with Crippen molar-refractivity contribution in [3.63, 3.8) is 0 Å². The highest BCUT2D eigenvalue weighted by Crippen LogP contribution is 2.47. The van der Waals surface area contributed by atoms with Gasteiger partial charge in [0.1, 0.15) is 0 Å². The van der Waals surface area contributed by atoms with Crippen molar-refractivity contribution in [1.82, 2.24) is 0 Å². The smallest absolute Gasteiger partial charge is 0.303 e. The van der Waals surface area contributed by atoms with Crippen molar-refractivity contribution in [3.8, 4) is 11.5 Å². The Morgan fingerprint density at radius 2 is 2.22 bits per heavy atom. The number of halogens is 1. The largest absolute Gasteiger partial charge is 0.481 e. The van der Waals surface area contributed by atoms with E-state index in [4.69, 9.17) is 14.6 Å². The van der Waals surface area contributed by atoms with Gasteiger partial charge in [-0.15, -0.1) is 0 Å². The number of carboxylic acid groups (broad SMARTS) is 1. The van der Waals surface area contributed by atoms with Crippen LogP contribution in [0.3, 0.4) is 0 Å². The minimum absolute atomic E-state index is 0.0166. The molecule has 1 aromatic rings. The molecule has 1 aromatic carbocycles. The average Bonchev–Trinajstić information content (AvgIpc) is 3.03. The number of rotatable bonds is 4. The summed E-state index contributed by atoms with van der Waals surface area (Å²) < 4.78 is 24.0. The van der Waals surface area contributed by atoms with Gasteiger partial charge in [0.25, 0.3) is 0 Å². The number of aliphatic carboxylic acids is 1. The predicted molar refractivity (Wildman–Crippen MR) is 60.2 cm³/mol. The molecule has 0 aromatic heterocycles. The lowest BCUT2D eigenvalue weighted by Crippen LogP contribution is -2.08. The highest BCUT2D eigenvalue weighted by atomic mass is 19.1. The van der Waals surface area contributed by atoms with Gasteiger partial charge in [0, 0.05) is 0 Å². The Labute approximate surface area is 103 Å². The molecule has 1 aliphatic carbocycles. The van der Waals surface area contributed by atoms with Gasteiger partial charge in [0.05, 0.1) is 6.42 Å². The SMILES string of the molecule is O=C(O)CC(c1cc(F)c2c(c1)OCO2)C1CC1. The first-order valence-corrected chi connectivity index (χ1v) is 5.96. The molecule has 2 aliphatic rings. The number of hydrogen-bond donors (Lipinski definition) is 1. The molecule has 4 nitrogen and oxygen atoms in total. The van der Waals surface area contributed by atoms with E-state index in [1.807, 2.05) is 0 Å². The van der Waals surface area contributed by atoms with Crippen LogP contribution in [0.1, 0.15) is 30.7 Å². The van der Waals surface area contributed by atoms with Crippen LogP contribution in [-0.2, 0) is 4.79 Å². The predicted octanol–water partition coefficient (Wildman–Crippen LogP) is 2.52. The quantitative estimate of drug-likeness (QED) is 0.894. The van der Waals surface area contributed by atoms with Crippen LogP contribution in [0.5, 0.6) is 11.5 Å². The van der Waals surface area contributed by atoms with E-state index in [9.17, 15) is 9.18 Å². The summed E-state index contributed by atoms with van der Waals surface area (Å²) in [7, 11) is 0. The fourth-order valence-electron chi connectivity index (χ4n) is 2.44. The highest BCUT2D eigenvalue weighted by Gasteiger charge is 2.35. The summed E-state index contributed by atoms with van der Waals surface area (Å²) in [6.07, 6.45) is 2.05. The molecular weight excluding hydrogens is 239 g/mol. The number of fused-ring (bicyclic) bond motifs is 1. The molecule has 18 heavy (non-hydrogen) atoms. The fourth-order valence-corrected chi connectivity index (χ4v) is 2.44. The third kappa shape index (κ3) is 2.00. The summed E-state index contributed by atoms with van der Waals surface area (Å²) in [4.78, 5) is 10.9. The second-order valence-electron chi connectivity index (χ2n) is 4.78. The minimum atomic E-state index is -0.857. The van der Waals surface area contributed by atoms with Crippen molar-refractivity contribution in [2.45, 2.75) is 25.2 Å². The maximum atomic E-state index is 13.8. The van der Waals surface area contributed by atoms with Gasteiger partial charge < -0.3 is 14.6 Å². The van der Waals surface area contributed by atoms with Gasteiger partial charge in [0.15, 0.2) is 11.6 Å². The highest BCUT2D eigenvalue weighted by molar-refractivity contribution is 5.68. The lowest BCUT2D eigenvalue weighted by Gasteiger charge is -2.15. The van der Waals surface area contributed by atoms with E-state index in [1.54, 1.807) is 6.07 Å². The molecule has 1 heterocycles. The molecule has 1 saturated carbocycles. The van der Waals surface area contributed by atoms with Crippen molar-refractivity contribution >= 4 is 5.97 Å². The Hall–Kier alpha value is -1.78. The van der Waals surface area contributed by atoms with Crippen molar-refractivity contribution in [3.05, 3.63) is 23.5 Å². The molecule has 1 aliphatic heterocycles. The van der Waals surface area contributed by atoms with Crippen LogP contribution in [0.25, 0.3) is 0 Å². The molecule has 0 bridgehead atoms. The van der Waals surface area contributed by atoms with E-state index < -0.39 is 11.8 Å². The van der Waals surface area contributed by atoms with E-state index >= 15 is 0 Å². The second kappa shape index (κ2) is 4.15. The summed E-state index contributed by atoms with van der Waals surface area (Å²) >= 11 is 0. The third-order valence-electron chi connectivity index (χ3n) is 3.46. The van der Waals surface area contributed by atoms with Crippen LogP contribution in [-0.4, -0.2) is 17.9 Å². The summed E-state index contributed by atoms with van der Waals surface area (Å²) in [5, 5.41) is 8.93. The van der Waals surface area contributed by atoms with E-state index in [2.05, 4.69) is 0 Å². The maximum Gasteiger partial charge on any atom is 0.303 e. The molecule has 0 amide bonds. The number of hydrogen-bond acceptors (Lipinski definition) is 3. The zero-order chi connectivity index (χ0) is 12.7. The maximum absolute atomic E-state index is 13.8.